The number of amides is 1. The number of nitro groups is 1. The molecule has 0 aromatic heterocycles. The van der Waals surface area contributed by atoms with Gasteiger partial charge in [-0.25, -0.2) is 0 Å². The van der Waals surface area contributed by atoms with Gasteiger partial charge < -0.3 is 9.80 Å². The van der Waals surface area contributed by atoms with Crippen LogP contribution < -0.4 is 4.90 Å². The molecule has 0 aliphatic carbocycles. The largest absolute Gasteiger partial charge is 0.362 e. The zero-order valence-electron chi connectivity index (χ0n) is 14.7. The minimum atomic E-state index is -0.359. The smallest absolute Gasteiger partial charge is 0.292 e. The van der Waals surface area contributed by atoms with Crippen LogP contribution in [-0.4, -0.2) is 41.9 Å². The first kappa shape index (κ1) is 17.0. The van der Waals surface area contributed by atoms with E-state index in [4.69, 9.17) is 0 Å². The van der Waals surface area contributed by atoms with Gasteiger partial charge in [-0.3, -0.25) is 14.9 Å². The molecule has 1 amide bonds. The predicted octanol–water partition coefficient (Wildman–Crippen LogP) is 3.71. The third kappa shape index (κ3) is 3.33. The van der Waals surface area contributed by atoms with Crippen LogP contribution >= 0.6 is 0 Å². The summed E-state index contributed by atoms with van der Waals surface area (Å²) in [7, 11) is 0. The third-order valence-electron chi connectivity index (χ3n) is 4.98. The van der Waals surface area contributed by atoms with Crippen molar-refractivity contribution in [2.45, 2.75) is 0 Å². The maximum absolute atomic E-state index is 12.9. The first-order valence-electron chi connectivity index (χ1n) is 8.90. The maximum atomic E-state index is 12.9. The van der Waals surface area contributed by atoms with E-state index in [1.54, 1.807) is 18.2 Å². The van der Waals surface area contributed by atoms with Gasteiger partial charge in [0.1, 0.15) is 5.69 Å². The van der Waals surface area contributed by atoms with Gasteiger partial charge in [-0.05, 0) is 29.0 Å². The standard InChI is InChI=1S/C21H19N3O3/c25-21(18-10-9-16-5-1-2-6-17(16)15-18)23-13-11-22(12-14-23)19-7-3-4-8-20(19)24(26)27/h1-10,15H,11-14H2. The fourth-order valence-electron chi connectivity index (χ4n) is 3.54. The Morgan fingerprint density at radius 1 is 0.852 bits per heavy atom. The summed E-state index contributed by atoms with van der Waals surface area (Å²) < 4.78 is 0. The summed E-state index contributed by atoms with van der Waals surface area (Å²) in [5, 5.41) is 13.4. The molecule has 27 heavy (non-hydrogen) atoms. The fourth-order valence-corrected chi connectivity index (χ4v) is 3.54. The molecule has 1 saturated heterocycles. The number of rotatable bonds is 3. The summed E-state index contributed by atoms with van der Waals surface area (Å²) in [6, 6.07) is 20.5. The van der Waals surface area contributed by atoms with Gasteiger partial charge in [0.05, 0.1) is 4.92 Å². The Morgan fingerprint density at radius 3 is 2.26 bits per heavy atom. The number of fused-ring (bicyclic) bond motifs is 1. The average molecular weight is 361 g/mol. The zero-order chi connectivity index (χ0) is 18.8. The Balaban J connectivity index is 1.49. The van der Waals surface area contributed by atoms with Gasteiger partial charge in [0.25, 0.3) is 11.6 Å². The molecular weight excluding hydrogens is 342 g/mol. The van der Waals surface area contributed by atoms with E-state index in [1.165, 1.54) is 6.07 Å². The first-order valence-corrected chi connectivity index (χ1v) is 8.90. The lowest BCUT2D eigenvalue weighted by Crippen LogP contribution is -2.48. The topological polar surface area (TPSA) is 66.7 Å². The molecule has 0 spiro atoms. The van der Waals surface area contributed by atoms with Crippen molar-refractivity contribution in [3.8, 4) is 0 Å². The van der Waals surface area contributed by atoms with Crippen molar-refractivity contribution < 1.29 is 9.72 Å². The molecule has 4 rings (SSSR count). The lowest BCUT2D eigenvalue weighted by Gasteiger charge is -2.35. The van der Waals surface area contributed by atoms with Gasteiger partial charge in [-0.1, -0.05) is 42.5 Å². The molecule has 0 bridgehead atoms. The molecule has 0 saturated carbocycles. The number of carbonyl (C=O) groups is 1. The van der Waals surface area contributed by atoms with Crippen molar-refractivity contribution in [2.75, 3.05) is 31.1 Å². The van der Waals surface area contributed by atoms with Gasteiger partial charge in [0.2, 0.25) is 0 Å². The van der Waals surface area contributed by atoms with Crippen LogP contribution in [0, 0.1) is 10.1 Å². The molecule has 6 heteroatoms. The SMILES string of the molecule is O=C(c1ccc2ccccc2c1)N1CCN(c2ccccc2[N+](=O)[O-])CC1. The van der Waals surface area contributed by atoms with Gasteiger partial charge in [0, 0.05) is 37.8 Å². The van der Waals surface area contributed by atoms with Crippen LogP contribution in [0.25, 0.3) is 10.8 Å². The zero-order valence-corrected chi connectivity index (χ0v) is 14.7. The monoisotopic (exact) mass is 361 g/mol. The maximum Gasteiger partial charge on any atom is 0.292 e. The van der Waals surface area contributed by atoms with Gasteiger partial charge in [-0.2, -0.15) is 0 Å². The third-order valence-corrected chi connectivity index (χ3v) is 4.98. The molecule has 1 aliphatic rings. The minimum absolute atomic E-state index is 0.00274. The van der Waals surface area contributed by atoms with E-state index < -0.39 is 0 Å². The number of piperazine rings is 1. The summed E-state index contributed by atoms with van der Waals surface area (Å²) in [4.78, 5) is 27.5. The highest BCUT2D eigenvalue weighted by atomic mass is 16.6. The molecule has 6 nitrogen and oxygen atoms in total. The summed E-state index contributed by atoms with van der Waals surface area (Å²) in [6.07, 6.45) is 0. The van der Waals surface area contributed by atoms with Crippen molar-refractivity contribution in [3.05, 3.63) is 82.4 Å². The van der Waals surface area contributed by atoms with Crippen molar-refractivity contribution >= 4 is 28.1 Å². The van der Waals surface area contributed by atoms with Crippen LogP contribution in [0.3, 0.4) is 0 Å². The van der Waals surface area contributed by atoms with E-state index in [1.807, 2.05) is 52.3 Å². The lowest BCUT2D eigenvalue weighted by molar-refractivity contribution is -0.384. The highest BCUT2D eigenvalue weighted by molar-refractivity contribution is 5.98. The number of carbonyl (C=O) groups excluding carboxylic acids is 1. The van der Waals surface area contributed by atoms with Crippen molar-refractivity contribution in [2.24, 2.45) is 0 Å². The van der Waals surface area contributed by atoms with Crippen molar-refractivity contribution in [3.63, 3.8) is 0 Å². The number of benzene rings is 3. The second-order valence-corrected chi connectivity index (χ2v) is 6.59. The minimum Gasteiger partial charge on any atom is -0.362 e. The van der Waals surface area contributed by atoms with E-state index >= 15 is 0 Å². The molecule has 3 aromatic carbocycles. The number of hydrogen-bond donors (Lipinski definition) is 0. The quantitative estimate of drug-likeness (QED) is 0.527. The number of para-hydroxylation sites is 2. The fraction of sp³-hybridized carbons (Fsp3) is 0.190. The Labute approximate surface area is 156 Å². The number of hydrogen-bond acceptors (Lipinski definition) is 4. The van der Waals surface area contributed by atoms with Crippen molar-refractivity contribution in [1.82, 2.24) is 4.90 Å². The number of nitrogens with zero attached hydrogens (tertiary/aromatic N) is 3. The molecule has 1 aliphatic heterocycles. The van der Waals surface area contributed by atoms with E-state index in [2.05, 4.69) is 0 Å². The Bertz CT molecular complexity index is 1010. The number of anilines is 1. The second kappa shape index (κ2) is 7.07. The van der Waals surface area contributed by atoms with Crippen LogP contribution in [0.15, 0.2) is 66.7 Å². The molecule has 3 aromatic rings. The average Bonchev–Trinajstić information content (AvgIpc) is 2.73. The summed E-state index contributed by atoms with van der Waals surface area (Å²) in [5.74, 6) is 0.00274. The molecule has 1 fully saturated rings. The van der Waals surface area contributed by atoms with Gasteiger partial charge in [0.15, 0.2) is 0 Å². The molecule has 136 valence electrons. The lowest BCUT2D eigenvalue weighted by atomic mass is 10.1. The van der Waals surface area contributed by atoms with E-state index in [0.29, 0.717) is 37.4 Å². The normalized spacial score (nSPS) is 14.4. The van der Waals surface area contributed by atoms with E-state index in [9.17, 15) is 14.9 Å². The summed E-state index contributed by atoms with van der Waals surface area (Å²) in [5.41, 5.74) is 1.39. The van der Waals surface area contributed by atoms with E-state index in [-0.39, 0.29) is 16.5 Å². The summed E-state index contributed by atoms with van der Waals surface area (Å²) >= 11 is 0. The van der Waals surface area contributed by atoms with Crippen molar-refractivity contribution in [1.29, 1.82) is 0 Å². The van der Waals surface area contributed by atoms with Gasteiger partial charge in [-0.15, -0.1) is 0 Å². The first-order chi connectivity index (χ1) is 13.1. The molecule has 0 N–H and O–H groups in total. The highest BCUT2D eigenvalue weighted by Crippen LogP contribution is 2.28. The highest BCUT2D eigenvalue weighted by Gasteiger charge is 2.26. The number of nitro benzene ring substituents is 1. The van der Waals surface area contributed by atoms with E-state index in [0.717, 1.165) is 10.8 Å². The molecule has 0 unspecified atom stereocenters. The van der Waals surface area contributed by atoms with Crippen LogP contribution in [-0.2, 0) is 0 Å². The van der Waals surface area contributed by atoms with Crippen LogP contribution in [0.1, 0.15) is 10.4 Å². The van der Waals surface area contributed by atoms with Crippen LogP contribution in [0.4, 0.5) is 11.4 Å². The van der Waals surface area contributed by atoms with Crippen LogP contribution in [0.5, 0.6) is 0 Å². The van der Waals surface area contributed by atoms with Gasteiger partial charge >= 0.3 is 0 Å². The predicted molar refractivity (Wildman–Crippen MR) is 105 cm³/mol. The summed E-state index contributed by atoms with van der Waals surface area (Å²) in [6.45, 7) is 2.23. The molecule has 0 radical (unpaired) electrons. The molecule has 1 heterocycles. The Kier molecular flexibility index (Phi) is 4.46. The second-order valence-electron chi connectivity index (χ2n) is 6.59. The van der Waals surface area contributed by atoms with Crippen LogP contribution in [0.2, 0.25) is 0 Å². The Morgan fingerprint density at radius 2 is 1.52 bits per heavy atom. The Hall–Kier alpha value is -3.41. The molecular formula is C21H19N3O3. The molecule has 0 atom stereocenters.